The van der Waals surface area contributed by atoms with Gasteiger partial charge in [0.25, 0.3) is 0 Å². The largest absolute Gasteiger partial charge is 0.382 e. The molecule has 1 aliphatic heterocycles. The third-order valence-corrected chi connectivity index (χ3v) is 3.45. The van der Waals surface area contributed by atoms with Gasteiger partial charge in [0.05, 0.1) is 0 Å². The SMILES string of the molecule is Cc1cc(C)cc(NC2CCNC(C)(C)C2)c1. The zero-order valence-corrected chi connectivity index (χ0v) is 11.4. The van der Waals surface area contributed by atoms with E-state index >= 15 is 0 Å². The summed E-state index contributed by atoms with van der Waals surface area (Å²) in [4.78, 5) is 0. The van der Waals surface area contributed by atoms with Gasteiger partial charge in [-0.05, 0) is 70.3 Å². The van der Waals surface area contributed by atoms with Crippen molar-refractivity contribution in [1.82, 2.24) is 5.32 Å². The average molecular weight is 232 g/mol. The van der Waals surface area contributed by atoms with Crippen molar-refractivity contribution >= 4 is 5.69 Å². The summed E-state index contributed by atoms with van der Waals surface area (Å²) < 4.78 is 0. The van der Waals surface area contributed by atoms with Gasteiger partial charge in [-0.25, -0.2) is 0 Å². The molecule has 1 aromatic rings. The molecule has 0 saturated carbocycles. The molecule has 1 heterocycles. The third-order valence-electron chi connectivity index (χ3n) is 3.45. The molecule has 0 aliphatic carbocycles. The van der Waals surface area contributed by atoms with Crippen LogP contribution in [0.25, 0.3) is 0 Å². The minimum absolute atomic E-state index is 0.259. The number of hydrogen-bond acceptors (Lipinski definition) is 2. The van der Waals surface area contributed by atoms with E-state index in [1.807, 2.05) is 0 Å². The highest BCUT2D eigenvalue weighted by Gasteiger charge is 2.27. The Balaban J connectivity index is 2.05. The van der Waals surface area contributed by atoms with Crippen molar-refractivity contribution in [2.45, 2.75) is 52.1 Å². The minimum Gasteiger partial charge on any atom is -0.382 e. The number of hydrogen-bond donors (Lipinski definition) is 2. The van der Waals surface area contributed by atoms with E-state index in [2.05, 4.69) is 56.5 Å². The third kappa shape index (κ3) is 3.47. The molecule has 0 bridgehead atoms. The van der Waals surface area contributed by atoms with Crippen LogP contribution in [0.2, 0.25) is 0 Å². The average Bonchev–Trinajstić information content (AvgIpc) is 2.13. The van der Waals surface area contributed by atoms with Crippen LogP contribution in [0.5, 0.6) is 0 Å². The number of rotatable bonds is 2. The lowest BCUT2D eigenvalue weighted by Crippen LogP contribution is -2.50. The zero-order valence-electron chi connectivity index (χ0n) is 11.4. The topological polar surface area (TPSA) is 24.1 Å². The smallest absolute Gasteiger partial charge is 0.0347 e. The zero-order chi connectivity index (χ0) is 12.5. The Labute approximate surface area is 105 Å². The van der Waals surface area contributed by atoms with Crippen molar-refractivity contribution in [1.29, 1.82) is 0 Å². The predicted molar refractivity (Wildman–Crippen MR) is 74.6 cm³/mol. The molecule has 0 amide bonds. The van der Waals surface area contributed by atoms with Crippen LogP contribution < -0.4 is 10.6 Å². The fourth-order valence-corrected chi connectivity index (χ4v) is 2.79. The molecule has 1 fully saturated rings. The molecule has 17 heavy (non-hydrogen) atoms. The van der Waals surface area contributed by atoms with Crippen molar-refractivity contribution in [3.8, 4) is 0 Å². The monoisotopic (exact) mass is 232 g/mol. The van der Waals surface area contributed by atoms with E-state index in [1.54, 1.807) is 0 Å². The van der Waals surface area contributed by atoms with E-state index < -0.39 is 0 Å². The van der Waals surface area contributed by atoms with E-state index in [0.29, 0.717) is 6.04 Å². The summed E-state index contributed by atoms with van der Waals surface area (Å²) in [6.07, 6.45) is 2.39. The van der Waals surface area contributed by atoms with Gasteiger partial charge in [-0.1, -0.05) is 6.07 Å². The van der Waals surface area contributed by atoms with Gasteiger partial charge in [0.1, 0.15) is 0 Å². The van der Waals surface area contributed by atoms with Gasteiger partial charge < -0.3 is 10.6 Å². The molecule has 2 nitrogen and oxygen atoms in total. The lowest BCUT2D eigenvalue weighted by atomic mass is 9.89. The van der Waals surface area contributed by atoms with E-state index in [-0.39, 0.29) is 5.54 Å². The molecule has 0 radical (unpaired) electrons. The molecule has 1 atom stereocenters. The molecule has 2 heteroatoms. The van der Waals surface area contributed by atoms with Crippen LogP contribution in [0, 0.1) is 13.8 Å². The van der Waals surface area contributed by atoms with Crippen molar-refractivity contribution < 1.29 is 0 Å². The fourth-order valence-electron chi connectivity index (χ4n) is 2.79. The van der Waals surface area contributed by atoms with Crippen LogP contribution in [0.1, 0.15) is 37.8 Å². The van der Waals surface area contributed by atoms with Crippen molar-refractivity contribution in [2.24, 2.45) is 0 Å². The summed E-state index contributed by atoms with van der Waals surface area (Å²) in [5.41, 5.74) is 4.20. The van der Waals surface area contributed by atoms with Crippen LogP contribution >= 0.6 is 0 Å². The Morgan fingerprint density at radius 1 is 1.18 bits per heavy atom. The van der Waals surface area contributed by atoms with Crippen LogP contribution in [-0.4, -0.2) is 18.1 Å². The Morgan fingerprint density at radius 3 is 2.41 bits per heavy atom. The molecule has 0 aromatic heterocycles. The standard InChI is InChI=1S/C15H24N2/c1-11-7-12(2)9-14(8-11)17-13-5-6-16-15(3,4)10-13/h7-9,13,16-17H,5-6,10H2,1-4H3. The number of aryl methyl sites for hydroxylation is 2. The highest BCUT2D eigenvalue weighted by atomic mass is 15.0. The first-order valence-electron chi connectivity index (χ1n) is 6.54. The van der Waals surface area contributed by atoms with Gasteiger partial charge in [0.15, 0.2) is 0 Å². The maximum atomic E-state index is 3.68. The predicted octanol–water partition coefficient (Wildman–Crippen LogP) is 3.25. The molecule has 0 spiro atoms. The Bertz CT molecular complexity index is 376. The number of anilines is 1. The van der Waals surface area contributed by atoms with Gasteiger partial charge in [-0.15, -0.1) is 0 Å². The second kappa shape index (κ2) is 4.69. The van der Waals surface area contributed by atoms with E-state index in [9.17, 15) is 0 Å². The Morgan fingerprint density at radius 2 is 1.82 bits per heavy atom. The molecule has 1 saturated heterocycles. The summed E-state index contributed by atoms with van der Waals surface area (Å²) in [6, 6.07) is 7.29. The van der Waals surface area contributed by atoms with Crippen molar-refractivity contribution in [3.05, 3.63) is 29.3 Å². The highest BCUT2D eigenvalue weighted by Crippen LogP contribution is 2.23. The van der Waals surface area contributed by atoms with Gasteiger partial charge in [0.2, 0.25) is 0 Å². The lowest BCUT2D eigenvalue weighted by Gasteiger charge is -2.37. The van der Waals surface area contributed by atoms with Gasteiger partial charge in [-0.2, -0.15) is 0 Å². The summed E-state index contributed by atoms with van der Waals surface area (Å²) in [5, 5.41) is 7.23. The Kier molecular flexibility index (Phi) is 3.43. The van der Waals surface area contributed by atoms with Crippen LogP contribution in [0.3, 0.4) is 0 Å². The van der Waals surface area contributed by atoms with E-state index in [0.717, 1.165) is 6.54 Å². The summed E-state index contributed by atoms with van der Waals surface area (Å²) in [6.45, 7) is 9.98. The lowest BCUT2D eigenvalue weighted by molar-refractivity contribution is 0.286. The van der Waals surface area contributed by atoms with Crippen LogP contribution in [-0.2, 0) is 0 Å². The Hall–Kier alpha value is -1.02. The normalized spacial score (nSPS) is 23.4. The number of benzene rings is 1. The molecule has 94 valence electrons. The summed E-state index contributed by atoms with van der Waals surface area (Å²) in [5.74, 6) is 0. The number of nitrogens with one attached hydrogen (secondary N) is 2. The van der Waals surface area contributed by atoms with Crippen LogP contribution in [0.15, 0.2) is 18.2 Å². The molecule has 2 rings (SSSR count). The summed E-state index contributed by atoms with van der Waals surface area (Å²) in [7, 11) is 0. The van der Waals surface area contributed by atoms with Gasteiger partial charge in [-0.3, -0.25) is 0 Å². The quantitative estimate of drug-likeness (QED) is 0.818. The van der Waals surface area contributed by atoms with Crippen LogP contribution in [0.4, 0.5) is 5.69 Å². The first kappa shape index (κ1) is 12.4. The van der Waals surface area contributed by atoms with E-state index in [4.69, 9.17) is 0 Å². The molecule has 2 N–H and O–H groups in total. The first-order chi connectivity index (χ1) is 7.94. The molecular formula is C15H24N2. The minimum atomic E-state index is 0.259. The van der Waals surface area contributed by atoms with E-state index in [1.165, 1.54) is 29.7 Å². The maximum Gasteiger partial charge on any atom is 0.0347 e. The second-order valence-corrected chi connectivity index (χ2v) is 6.02. The maximum absolute atomic E-state index is 3.68. The molecular weight excluding hydrogens is 208 g/mol. The second-order valence-electron chi connectivity index (χ2n) is 6.02. The molecule has 1 unspecified atom stereocenters. The molecule has 1 aromatic carbocycles. The van der Waals surface area contributed by atoms with Crippen molar-refractivity contribution in [2.75, 3.05) is 11.9 Å². The number of piperidine rings is 1. The van der Waals surface area contributed by atoms with Gasteiger partial charge in [0, 0.05) is 17.3 Å². The van der Waals surface area contributed by atoms with Gasteiger partial charge >= 0.3 is 0 Å². The fraction of sp³-hybridized carbons (Fsp3) is 0.600. The molecule has 1 aliphatic rings. The summed E-state index contributed by atoms with van der Waals surface area (Å²) >= 11 is 0. The highest BCUT2D eigenvalue weighted by molar-refractivity contribution is 5.49. The first-order valence-corrected chi connectivity index (χ1v) is 6.54. The van der Waals surface area contributed by atoms with Crippen molar-refractivity contribution in [3.63, 3.8) is 0 Å².